The maximum absolute atomic E-state index is 13.4. The number of carbonyl (C=O) groups excluding carboxylic acids is 1. The molecule has 0 bridgehead atoms. The highest BCUT2D eigenvalue weighted by Crippen LogP contribution is 2.21. The van der Waals surface area contributed by atoms with Crippen molar-refractivity contribution in [2.45, 2.75) is 32.4 Å². The van der Waals surface area contributed by atoms with E-state index in [1.165, 1.54) is 0 Å². The van der Waals surface area contributed by atoms with Crippen molar-refractivity contribution >= 4 is 5.91 Å². The van der Waals surface area contributed by atoms with Crippen LogP contribution >= 0.6 is 0 Å². The van der Waals surface area contributed by atoms with E-state index in [1.54, 1.807) is 0 Å². The fraction of sp³-hybridized carbons (Fsp3) is 0.391. The summed E-state index contributed by atoms with van der Waals surface area (Å²) in [4.78, 5) is 17.6. The Morgan fingerprint density at radius 3 is 2.19 bits per heavy atom. The smallest absolute Gasteiger partial charge is 0.227 e. The van der Waals surface area contributed by atoms with Crippen molar-refractivity contribution in [2.24, 2.45) is 5.92 Å². The largest absolute Gasteiger partial charge is 0.334 e. The molecular weight excluding hydrogens is 334 g/mol. The van der Waals surface area contributed by atoms with Gasteiger partial charge < -0.3 is 9.80 Å². The summed E-state index contributed by atoms with van der Waals surface area (Å²) >= 11 is 0. The van der Waals surface area contributed by atoms with Gasteiger partial charge in [-0.25, -0.2) is 0 Å². The molecule has 2 aromatic rings. The monoisotopic (exact) mass is 361 g/mol. The molecule has 0 aliphatic carbocycles. The highest BCUT2D eigenvalue weighted by atomic mass is 16.2. The first kappa shape index (κ1) is 19.1. The summed E-state index contributed by atoms with van der Waals surface area (Å²) in [6.07, 6.45) is 2.48. The predicted molar refractivity (Wildman–Crippen MR) is 107 cm³/mol. The highest BCUT2D eigenvalue weighted by molar-refractivity contribution is 5.79. The van der Waals surface area contributed by atoms with Gasteiger partial charge in [-0.3, -0.25) is 4.79 Å². The number of benzene rings is 2. The van der Waals surface area contributed by atoms with Crippen molar-refractivity contribution in [1.29, 1.82) is 5.26 Å². The number of likely N-dealkylation sites (tertiary alicyclic amines) is 1. The molecule has 1 saturated heterocycles. The lowest BCUT2D eigenvalue weighted by molar-refractivity contribution is -0.138. The molecule has 0 radical (unpaired) electrons. The van der Waals surface area contributed by atoms with Gasteiger partial charge in [0.2, 0.25) is 5.91 Å². The fourth-order valence-corrected chi connectivity index (χ4v) is 3.75. The lowest BCUT2D eigenvalue weighted by Crippen LogP contribution is -2.44. The van der Waals surface area contributed by atoms with Crippen LogP contribution in [0.5, 0.6) is 0 Å². The zero-order valence-corrected chi connectivity index (χ0v) is 15.8. The Kier molecular flexibility index (Phi) is 7.01. The number of rotatable bonds is 7. The van der Waals surface area contributed by atoms with Gasteiger partial charge in [-0.15, -0.1) is 0 Å². The third kappa shape index (κ3) is 5.67. The van der Waals surface area contributed by atoms with Crippen LogP contribution in [0.4, 0.5) is 0 Å². The van der Waals surface area contributed by atoms with Gasteiger partial charge in [0.1, 0.15) is 0 Å². The maximum atomic E-state index is 13.4. The molecule has 1 aliphatic rings. The maximum Gasteiger partial charge on any atom is 0.227 e. The van der Waals surface area contributed by atoms with Crippen LogP contribution in [0.1, 0.15) is 30.4 Å². The van der Waals surface area contributed by atoms with Crippen molar-refractivity contribution in [3.8, 4) is 6.07 Å². The summed E-state index contributed by atoms with van der Waals surface area (Å²) in [5, 5.41) is 8.84. The summed E-state index contributed by atoms with van der Waals surface area (Å²) in [7, 11) is 0. The van der Waals surface area contributed by atoms with Crippen LogP contribution < -0.4 is 0 Å². The summed E-state index contributed by atoms with van der Waals surface area (Å²) in [6, 6.07) is 22.6. The quantitative estimate of drug-likeness (QED) is 0.753. The standard InChI is InChI=1S/C23H27N3O/c24-14-8-16-25-15-7-13-22(19-25)23(27)26(17-20-9-3-1-4-10-20)18-21-11-5-2-6-12-21/h1-6,9-12,22H,7-8,13,15-19H2. The second kappa shape index (κ2) is 9.89. The van der Waals surface area contributed by atoms with E-state index in [4.69, 9.17) is 5.26 Å². The summed E-state index contributed by atoms with van der Waals surface area (Å²) in [5.74, 6) is 0.245. The average molecular weight is 361 g/mol. The van der Waals surface area contributed by atoms with Gasteiger partial charge in [-0.05, 0) is 30.5 Å². The Bertz CT molecular complexity index is 713. The van der Waals surface area contributed by atoms with E-state index >= 15 is 0 Å². The van der Waals surface area contributed by atoms with Crippen LogP contribution in [0.15, 0.2) is 60.7 Å². The first-order chi connectivity index (χ1) is 13.3. The summed E-state index contributed by atoms with van der Waals surface area (Å²) < 4.78 is 0. The van der Waals surface area contributed by atoms with Crippen LogP contribution in [0, 0.1) is 17.2 Å². The molecule has 4 heteroatoms. The summed E-state index contributed by atoms with van der Waals surface area (Å²) in [5.41, 5.74) is 2.30. The van der Waals surface area contributed by atoms with Gasteiger partial charge in [0, 0.05) is 32.6 Å². The fourth-order valence-electron chi connectivity index (χ4n) is 3.75. The predicted octanol–water partition coefficient (Wildman–Crippen LogP) is 3.84. The molecule has 1 atom stereocenters. The second-order valence-electron chi connectivity index (χ2n) is 7.21. The molecule has 140 valence electrons. The van der Waals surface area contributed by atoms with Crippen molar-refractivity contribution in [1.82, 2.24) is 9.80 Å². The van der Waals surface area contributed by atoms with Crippen molar-refractivity contribution in [2.75, 3.05) is 19.6 Å². The zero-order chi connectivity index (χ0) is 18.9. The Labute approximate surface area is 162 Å². The average Bonchev–Trinajstić information content (AvgIpc) is 2.73. The highest BCUT2D eigenvalue weighted by Gasteiger charge is 2.29. The number of piperidine rings is 1. The zero-order valence-electron chi connectivity index (χ0n) is 15.8. The molecule has 27 heavy (non-hydrogen) atoms. The van der Waals surface area contributed by atoms with Gasteiger partial charge in [0.25, 0.3) is 0 Å². The first-order valence-corrected chi connectivity index (χ1v) is 9.72. The normalized spacial score (nSPS) is 17.2. The van der Waals surface area contributed by atoms with Gasteiger partial charge >= 0.3 is 0 Å². The third-order valence-corrected chi connectivity index (χ3v) is 5.14. The molecule has 4 nitrogen and oxygen atoms in total. The molecule has 2 aromatic carbocycles. The topological polar surface area (TPSA) is 47.3 Å². The van der Waals surface area contributed by atoms with Crippen LogP contribution in [0.25, 0.3) is 0 Å². The van der Waals surface area contributed by atoms with E-state index in [2.05, 4.69) is 35.2 Å². The third-order valence-electron chi connectivity index (χ3n) is 5.14. The van der Waals surface area contributed by atoms with Gasteiger partial charge in [0.05, 0.1) is 12.0 Å². The Morgan fingerprint density at radius 2 is 1.63 bits per heavy atom. The van der Waals surface area contributed by atoms with Gasteiger partial charge in [-0.2, -0.15) is 5.26 Å². The van der Waals surface area contributed by atoms with E-state index in [0.29, 0.717) is 19.5 Å². The molecule has 0 aromatic heterocycles. The molecular formula is C23H27N3O. The Hall–Kier alpha value is -2.64. The number of nitrogens with zero attached hydrogens (tertiary/aromatic N) is 3. The molecule has 0 spiro atoms. The lowest BCUT2D eigenvalue weighted by atomic mass is 9.95. The van der Waals surface area contributed by atoms with E-state index < -0.39 is 0 Å². The SMILES string of the molecule is N#CCCN1CCCC(C(=O)N(Cc2ccccc2)Cc2ccccc2)C1. The van der Waals surface area contributed by atoms with Gasteiger partial charge in [-0.1, -0.05) is 60.7 Å². The first-order valence-electron chi connectivity index (χ1n) is 9.72. The Balaban J connectivity index is 1.72. The summed E-state index contributed by atoms with van der Waals surface area (Å²) in [6.45, 7) is 3.77. The minimum atomic E-state index is 0.0184. The molecule has 1 heterocycles. The second-order valence-corrected chi connectivity index (χ2v) is 7.21. The van der Waals surface area contributed by atoms with E-state index in [0.717, 1.165) is 43.6 Å². The number of hydrogen-bond acceptors (Lipinski definition) is 3. The van der Waals surface area contributed by atoms with Crippen molar-refractivity contribution < 1.29 is 4.79 Å². The van der Waals surface area contributed by atoms with Crippen LogP contribution in [-0.2, 0) is 17.9 Å². The van der Waals surface area contributed by atoms with Crippen molar-refractivity contribution in [3.63, 3.8) is 0 Å². The van der Waals surface area contributed by atoms with Crippen LogP contribution in [0.3, 0.4) is 0 Å². The number of amides is 1. The number of carbonyl (C=O) groups is 1. The van der Waals surface area contributed by atoms with Crippen molar-refractivity contribution in [3.05, 3.63) is 71.8 Å². The van der Waals surface area contributed by atoms with E-state index in [-0.39, 0.29) is 11.8 Å². The van der Waals surface area contributed by atoms with Crippen LogP contribution in [0.2, 0.25) is 0 Å². The van der Waals surface area contributed by atoms with E-state index in [9.17, 15) is 4.79 Å². The Morgan fingerprint density at radius 1 is 1.04 bits per heavy atom. The number of hydrogen-bond donors (Lipinski definition) is 0. The molecule has 1 unspecified atom stereocenters. The van der Waals surface area contributed by atoms with E-state index in [1.807, 2.05) is 41.3 Å². The lowest BCUT2D eigenvalue weighted by Gasteiger charge is -2.35. The van der Waals surface area contributed by atoms with Crippen LogP contribution in [-0.4, -0.2) is 35.3 Å². The molecule has 1 amide bonds. The molecule has 0 saturated carbocycles. The molecule has 0 N–H and O–H groups in total. The minimum Gasteiger partial charge on any atom is -0.334 e. The molecule has 3 rings (SSSR count). The molecule has 1 fully saturated rings. The number of nitriles is 1. The minimum absolute atomic E-state index is 0.0184. The van der Waals surface area contributed by atoms with Gasteiger partial charge in [0.15, 0.2) is 0 Å². The molecule has 1 aliphatic heterocycles.